The molecule has 0 unspecified atom stereocenters. The number of aromatic amines is 1. The molecule has 3 aromatic rings. The third kappa shape index (κ3) is 5.61. The first-order valence-corrected chi connectivity index (χ1v) is 10.8. The first kappa shape index (κ1) is 21.8. The van der Waals surface area contributed by atoms with Gasteiger partial charge in [0, 0.05) is 49.7 Å². The van der Waals surface area contributed by atoms with Crippen molar-refractivity contribution in [2.75, 3.05) is 31.2 Å². The Labute approximate surface area is 186 Å². The summed E-state index contributed by atoms with van der Waals surface area (Å²) in [6, 6.07) is 9.95. The average Bonchev–Trinajstić information content (AvgIpc) is 3.31. The second-order valence-electron chi connectivity index (χ2n) is 7.85. The van der Waals surface area contributed by atoms with Gasteiger partial charge in [-0.1, -0.05) is 24.3 Å². The zero-order chi connectivity index (χ0) is 22.3. The Balaban J connectivity index is 1.30. The molecule has 1 saturated heterocycles. The predicted molar refractivity (Wildman–Crippen MR) is 121 cm³/mol. The van der Waals surface area contributed by atoms with E-state index in [0.717, 1.165) is 11.1 Å². The molecule has 9 nitrogen and oxygen atoms in total. The Morgan fingerprint density at radius 2 is 2.03 bits per heavy atom. The molecule has 2 N–H and O–H groups in total. The summed E-state index contributed by atoms with van der Waals surface area (Å²) < 4.78 is 7.20. The smallest absolute Gasteiger partial charge is 0.255 e. The Morgan fingerprint density at radius 1 is 1.22 bits per heavy atom. The minimum atomic E-state index is -0.182. The van der Waals surface area contributed by atoms with Crippen LogP contribution in [0.2, 0.25) is 0 Å². The molecule has 2 aromatic heterocycles. The van der Waals surface area contributed by atoms with Gasteiger partial charge >= 0.3 is 0 Å². The number of H-pyrrole nitrogens is 1. The van der Waals surface area contributed by atoms with Gasteiger partial charge < -0.3 is 15.0 Å². The third-order valence-electron chi connectivity index (χ3n) is 5.51. The molecule has 168 valence electrons. The molecule has 4 rings (SSSR count). The van der Waals surface area contributed by atoms with Crippen molar-refractivity contribution < 1.29 is 9.53 Å². The van der Waals surface area contributed by atoms with Crippen LogP contribution in [0.3, 0.4) is 0 Å². The molecule has 9 heteroatoms. The van der Waals surface area contributed by atoms with Gasteiger partial charge in [0.15, 0.2) is 0 Å². The average molecular weight is 437 g/mol. The van der Waals surface area contributed by atoms with Gasteiger partial charge in [0.2, 0.25) is 11.9 Å². The van der Waals surface area contributed by atoms with Crippen LogP contribution in [0.25, 0.3) is 0 Å². The molecule has 1 aliphatic heterocycles. The Bertz CT molecular complexity index is 1100. The topological polar surface area (TPSA) is 105 Å². The van der Waals surface area contributed by atoms with E-state index in [1.807, 2.05) is 47.0 Å². The molecule has 0 saturated carbocycles. The number of aryl methyl sites for hydroxylation is 1. The van der Waals surface area contributed by atoms with Crippen LogP contribution >= 0.6 is 0 Å². The molecule has 1 fully saturated rings. The van der Waals surface area contributed by atoms with Crippen molar-refractivity contribution in [2.45, 2.75) is 32.9 Å². The van der Waals surface area contributed by atoms with Crippen LogP contribution in [0.1, 0.15) is 28.8 Å². The second-order valence-corrected chi connectivity index (χ2v) is 7.85. The van der Waals surface area contributed by atoms with Gasteiger partial charge in [-0.3, -0.25) is 19.3 Å². The van der Waals surface area contributed by atoms with Crippen LogP contribution in [0.4, 0.5) is 5.95 Å². The third-order valence-corrected chi connectivity index (χ3v) is 5.51. The van der Waals surface area contributed by atoms with Gasteiger partial charge in [-0.15, -0.1) is 0 Å². The fourth-order valence-corrected chi connectivity index (χ4v) is 3.76. The van der Waals surface area contributed by atoms with Crippen molar-refractivity contribution in [2.24, 2.45) is 0 Å². The fraction of sp³-hybridized carbons (Fsp3) is 0.391. The number of ether oxygens (including phenoxy) is 1. The highest BCUT2D eigenvalue weighted by atomic mass is 16.5. The minimum Gasteiger partial charge on any atom is -0.378 e. The number of benzene rings is 1. The lowest BCUT2D eigenvalue weighted by molar-refractivity contribution is -0.121. The van der Waals surface area contributed by atoms with E-state index in [-0.39, 0.29) is 17.9 Å². The summed E-state index contributed by atoms with van der Waals surface area (Å²) in [5.74, 6) is 0.470. The summed E-state index contributed by atoms with van der Waals surface area (Å²) >= 11 is 0. The van der Waals surface area contributed by atoms with Crippen LogP contribution in [0.15, 0.2) is 47.5 Å². The summed E-state index contributed by atoms with van der Waals surface area (Å²) in [5, 5.41) is 7.16. The van der Waals surface area contributed by atoms with Crippen LogP contribution in [-0.2, 0) is 29.0 Å². The fourth-order valence-electron chi connectivity index (χ4n) is 3.76. The highest BCUT2D eigenvalue weighted by Gasteiger charge is 2.16. The molecule has 0 radical (unpaired) electrons. The van der Waals surface area contributed by atoms with Gasteiger partial charge in [0.1, 0.15) is 0 Å². The van der Waals surface area contributed by atoms with Gasteiger partial charge in [0.25, 0.3) is 5.56 Å². The molecule has 1 amide bonds. The molecule has 32 heavy (non-hydrogen) atoms. The van der Waals surface area contributed by atoms with E-state index >= 15 is 0 Å². The normalized spacial score (nSPS) is 13.8. The number of carbonyl (C=O) groups is 1. The van der Waals surface area contributed by atoms with E-state index in [9.17, 15) is 9.59 Å². The highest BCUT2D eigenvalue weighted by Crippen LogP contribution is 2.12. The van der Waals surface area contributed by atoms with E-state index in [2.05, 4.69) is 26.4 Å². The lowest BCUT2D eigenvalue weighted by Crippen LogP contribution is -2.38. The van der Waals surface area contributed by atoms with E-state index in [1.54, 1.807) is 6.20 Å². The first-order valence-electron chi connectivity index (χ1n) is 10.8. The number of hydrogen-bond donors (Lipinski definition) is 2. The summed E-state index contributed by atoms with van der Waals surface area (Å²) in [4.78, 5) is 34.4. The number of rotatable bonds is 8. The number of carbonyl (C=O) groups excluding carboxylic acids is 1. The number of aromatic nitrogens is 4. The Kier molecular flexibility index (Phi) is 6.96. The van der Waals surface area contributed by atoms with Crippen molar-refractivity contribution in [1.29, 1.82) is 0 Å². The quantitative estimate of drug-likeness (QED) is 0.553. The van der Waals surface area contributed by atoms with E-state index in [0.29, 0.717) is 63.0 Å². The van der Waals surface area contributed by atoms with Crippen molar-refractivity contribution in [3.05, 3.63) is 75.5 Å². The molecule has 1 aromatic carbocycles. The molecule has 0 atom stereocenters. The Morgan fingerprint density at radius 3 is 2.78 bits per heavy atom. The first-order chi connectivity index (χ1) is 15.6. The molecular weight excluding hydrogens is 408 g/mol. The van der Waals surface area contributed by atoms with Gasteiger partial charge in [-0.2, -0.15) is 5.10 Å². The zero-order valence-corrected chi connectivity index (χ0v) is 18.2. The monoisotopic (exact) mass is 436 g/mol. The zero-order valence-electron chi connectivity index (χ0n) is 18.2. The minimum absolute atomic E-state index is 0.0986. The number of nitrogens with one attached hydrogen (secondary N) is 2. The van der Waals surface area contributed by atoms with E-state index < -0.39 is 0 Å². The summed E-state index contributed by atoms with van der Waals surface area (Å²) in [5.41, 5.74) is 3.17. The van der Waals surface area contributed by atoms with Crippen molar-refractivity contribution in [1.82, 2.24) is 25.1 Å². The van der Waals surface area contributed by atoms with Crippen molar-refractivity contribution in [3.8, 4) is 0 Å². The van der Waals surface area contributed by atoms with Gasteiger partial charge in [-0.05, 0) is 30.5 Å². The maximum absolute atomic E-state index is 12.6. The maximum Gasteiger partial charge on any atom is 0.255 e. The SMILES string of the molecule is Cc1nc(N2CCOCC2)[nH]c(=O)c1CCC(=O)NCc1cccc(Cn2cccn2)c1. The number of amides is 1. The molecule has 1 aliphatic rings. The Hall–Kier alpha value is -3.46. The highest BCUT2D eigenvalue weighted by molar-refractivity contribution is 5.76. The van der Waals surface area contributed by atoms with Crippen molar-refractivity contribution >= 4 is 11.9 Å². The van der Waals surface area contributed by atoms with Crippen molar-refractivity contribution in [3.63, 3.8) is 0 Å². The molecule has 3 heterocycles. The number of anilines is 1. The summed E-state index contributed by atoms with van der Waals surface area (Å²) in [7, 11) is 0. The lowest BCUT2D eigenvalue weighted by atomic mass is 10.1. The van der Waals surface area contributed by atoms with E-state index in [4.69, 9.17) is 4.74 Å². The molecule has 0 spiro atoms. The van der Waals surface area contributed by atoms with Gasteiger partial charge in [0.05, 0.1) is 19.8 Å². The number of morpholine rings is 1. The number of nitrogens with zero attached hydrogens (tertiary/aromatic N) is 4. The molecular formula is C23H28N6O3. The predicted octanol–water partition coefficient (Wildman–Crippen LogP) is 1.41. The van der Waals surface area contributed by atoms with Crippen LogP contribution in [0.5, 0.6) is 0 Å². The van der Waals surface area contributed by atoms with E-state index in [1.165, 1.54) is 0 Å². The number of hydrogen-bond acceptors (Lipinski definition) is 6. The maximum atomic E-state index is 12.6. The second kappa shape index (κ2) is 10.2. The summed E-state index contributed by atoms with van der Waals surface area (Å²) in [6.45, 7) is 5.59. The van der Waals surface area contributed by atoms with Gasteiger partial charge in [-0.25, -0.2) is 4.98 Å². The summed E-state index contributed by atoms with van der Waals surface area (Å²) in [6.07, 6.45) is 4.25. The standard InChI is InChI=1S/C23H28N6O3/c1-17-20(22(31)27-23(26-17)28-10-12-32-13-11-28)6-7-21(30)24-15-18-4-2-5-19(14-18)16-29-9-3-8-25-29/h2-5,8-9,14H,6-7,10-13,15-16H2,1H3,(H,24,30)(H,26,27,31). The van der Waals surface area contributed by atoms with Crippen LogP contribution in [0, 0.1) is 6.92 Å². The largest absolute Gasteiger partial charge is 0.378 e. The van der Waals surface area contributed by atoms with Crippen LogP contribution in [-0.4, -0.2) is 52.0 Å². The molecule has 0 aliphatic carbocycles. The molecule has 0 bridgehead atoms. The van der Waals surface area contributed by atoms with Crippen LogP contribution < -0.4 is 15.8 Å². The lowest BCUT2D eigenvalue weighted by Gasteiger charge is -2.27.